The second-order valence-electron chi connectivity index (χ2n) is 4.98. The number of rotatable bonds is 4. The number of hydrogen-bond donors (Lipinski definition) is 2. The smallest absolute Gasteiger partial charge is 0.237 e. The zero-order valence-corrected chi connectivity index (χ0v) is 9.29. The minimum atomic E-state index is -0.439. The Morgan fingerprint density at radius 3 is 2.80 bits per heavy atom. The topological polar surface area (TPSA) is 64.3 Å². The Balaban J connectivity index is 1.82. The van der Waals surface area contributed by atoms with E-state index in [2.05, 4.69) is 12.2 Å². The van der Waals surface area contributed by atoms with Crippen LogP contribution in [0.1, 0.15) is 32.6 Å². The SMILES string of the molecule is CC1CC(NCC2CCCO2)(C(N)=O)C1. The van der Waals surface area contributed by atoms with E-state index in [9.17, 15) is 4.79 Å². The van der Waals surface area contributed by atoms with Crippen LogP contribution in [0.3, 0.4) is 0 Å². The van der Waals surface area contributed by atoms with Gasteiger partial charge in [-0.1, -0.05) is 6.92 Å². The molecule has 1 saturated carbocycles. The van der Waals surface area contributed by atoms with Crippen molar-refractivity contribution in [3.8, 4) is 0 Å². The molecule has 4 nitrogen and oxygen atoms in total. The highest BCUT2D eigenvalue weighted by Crippen LogP contribution is 2.37. The van der Waals surface area contributed by atoms with Crippen LogP contribution in [0.25, 0.3) is 0 Å². The van der Waals surface area contributed by atoms with Gasteiger partial charge in [0.05, 0.1) is 11.6 Å². The third-order valence-electron chi connectivity index (χ3n) is 3.56. The van der Waals surface area contributed by atoms with Gasteiger partial charge in [0, 0.05) is 13.2 Å². The van der Waals surface area contributed by atoms with Gasteiger partial charge in [-0.2, -0.15) is 0 Å². The Kier molecular flexibility index (Phi) is 2.98. The molecule has 2 aliphatic rings. The number of nitrogens with two attached hydrogens (primary N) is 1. The summed E-state index contributed by atoms with van der Waals surface area (Å²) in [7, 11) is 0. The van der Waals surface area contributed by atoms with E-state index in [1.165, 1.54) is 0 Å². The van der Waals surface area contributed by atoms with E-state index in [1.54, 1.807) is 0 Å². The normalized spacial score (nSPS) is 40.1. The van der Waals surface area contributed by atoms with Crippen molar-refractivity contribution in [3.63, 3.8) is 0 Å². The van der Waals surface area contributed by atoms with E-state index in [1.807, 2.05) is 0 Å². The molecule has 1 atom stereocenters. The summed E-state index contributed by atoms with van der Waals surface area (Å²) in [5.74, 6) is 0.396. The van der Waals surface area contributed by atoms with Gasteiger partial charge < -0.3 is 15.8 Å². The van der Waals surface area contributed by atoms with Crippen LogP contribution >= 0.6 is 0 Å². The maximum atomic E-state index is 11.4. The van der Waals surface area contributed by atoms with Gasteiger partial charge in [-0.25, -0.2) is 0 Å². The first-order valence-corrected chi connectivity index (χ1v) is 5.79. The second-order valence-corrected chi connectivity index (χ2v) is 4.98. The lowest BCUT2D eigenvalue weighted by atomic mass is 9.68. The van der Waals surface area contributed by atoms with Crippen molar-refractivity contribution in [3.05, 3.63) is 0 Å². The molecular formula is C11H20N2O2. The van der Waals surface area contributed by atoms with Gasteiger partial charge in [0.25, 0.3) is 0 Å². The maximum Gasteiger partial charge on any atom is 0.237 e. The Bertz CT molecular complexity index is 243. The predicted octanol–water partition coefficient (Wildman–Crippen LogP) is 0.409. The van der Waals surface area contributed by atoms with Gasteiger partial charge in [0.2, 0.25) is 5.91 Å². The standard InChI is InChI=1S/C11H20N2O2/c1-8-5-11(6-8,10(12)14)13-7-9-3-2-4-15-9/h8-9,13H,2-7H2,1H3,(H2,12,14). The largest absolute Gasteiger partial charge is 0.377 e. The van der Waals surface area contributed by atoms with E-state index >= 15 is 0 Å². The van der Waals surface area contributed by atoms with Gasteiger partial charge in [0.15, 0.2) is 0 Å². The first-order chi connectivity index (χ1) is 7.12. The molecule has 1 heterocycles. The maximum absolute atomic E-state index is 11.4. The number of hydrogen-bond acceptors (Lipinski definition) is 3. The van der Waals surface area contributed by atoms with Crippen molar-refractivity contribution >= 4 is 5.91 Å². The van der Waals surface area contributed by atoms with Gasteiger partial charge in [-0.3, -0.25) is 4.79 Å². The Hall–Kier alpha value is -0.610. The van der Waals surface area contributed by atoms with Crippen molar-refractivity contribution in [1.29, 1.82) is 0 Å². The number of carbonyl (C=O) groups excluding carboxylic acids is 1. The molecule has 1 amide bonds. The van der Waals surface area contributed by atoms with Crippen LogP contribution in [0, 0.1) is 5.92 Å². The van der Waals surface area contributed by atoms with Gasteiger partial charge in [-0.15, -0.1) is 0 Å². The van der Waals surface area contributed by atoms with E-state index < -0.39 is 5.54 Å². The van der Waals surface area contributed by atoms with Gasteiger partial charge in [0.1, 0.15) is 0 Å². The van der Waals surface area contributed by atoms with Crippen LogP contribution in [0.2, 0.25) is 0 Å². The molecule has 15 heavy (non-hydrogen) atoms. The molecule has 0 bridgehead atoms. The van der Waals surface area contributed by atoms with Crippen LogP contribution in [-0.4, -0.2) is 30.7 Å². The van der Waals surface area contributed by atoms with Crippen LogP contribution in [-0.2, 0) is 9.53 Å². The van der Waals surface area contributed by atoms with Crippen molar-refractivity contribution < 1.29 is 9.53 Å². The molecular weight excluding hydrogens is 192 g/mol. The highest BCUT2D eigenvalue weighted by atomic mass is 16.5. The van der Waals surface area contributed by atoms with Gasteiger partial charge in [-0.05, 0) is 31.6 Å². The molecule has 1 aliphatic carbocycles. The molecule has 1 unspecified atom stereocenters. The van der Waals surface area contributed by atoms with Crippen molar-refractivity contribution in [2.24, 2.45) is 11.7 Å². The fraction of sp³-hybridized carbons (Fsp3) is 0.909. The number of nitrogens with one attached hydrogen (secondary N) is 1. The molecule has 0 aromatic carbocycles. The number of carbonyl (C=O) groups is 1. The highest BCUT2D eigenvalue weighted by molar-refractivity contribution is 5.85. The quantitative estimate of drug-likeness (QED) is 0.709. The number of amides is 1. The summed E-state index contributed by atoms with van der Waals surface area (Å²) >= 11 is 0. The Labute approximate surface area is 90.5 Å². The summed E-state index contributed by atoms with van der Waals surface area (Å²) in [6, 6.07) is 0. The third-order valence-corrected chi connectivity index (χ3v) is 3.56. The average molecular weight is 212 g/mol. The zero-order valence-electron chi connectivity index (χ0n) is 9.29. The van der Waals surface area contributed by atoms with E-state index in [0.717, 1.165) is 38.8 Å². The lowest BCUT2D eigenvalue weighted by Crippen LogP contribution is -2.63. The van der Waals surface area contributed by atoms with Crippen molar-refractivity contribution in [2.45, 2.75) is 44.2 Å². The molecule has 1 saturated heterocycles. The summed E-state index contributed by atoms with van der Waals surface area (Å²) in [5, 5.41) is 3.30. The lowest BCUT2D eigenvalue weighted by molar-refractivity contribution is -0.130. The molecule has 2 rings (SSSR count). The summed E-state index contributed by atoms with van der Waals surface area (Å²) in [6.45, 7) is 3.76. The molecule has 0 radical (unpaired) electrons. The summed E-state index contributed by atoms with van der Waals surface area (Å²) < 4.78 is 5.51. The highest BCUT2D eigenvalue weighted by Gasteiger charge is 2.46. The van der Waals surface area contributed by atoms with Crippen LogP contribution in [0.15, 0.2) is 0 Å². The first kappa shape index (κ1) is 10.9. The fourth-order valence-electron chi connectivity index (χ4n) is 2.68. The van der Waals surface area contributed by atoms with E-state index in [4.69, 9.17) is 10.5 Å². The van der Waals surface area contributed by atoms with Crippen LogP contribution < -0.4 is 11.1 Å². The summed E-state index contributed by atoms with van der Waals surface area (Å²) in [5.41, 5.74) is 5.00. The van der Waals surface area contributed by atoms with E-state index in [-0.39, 0.29) is 12.0 Å². The molecule has 4 heteroatoms. The average Bonchev–Trinajstić information content (AvgIpc) is 2.62. The monoisotopic (exact) mass is 212 g/mol. The van der Waals surface area contributed by atoms with E-state index in [0.29, 0.717) is 5.92 Å². The Morgan fingerprint density at radius 2 is 2.33 bits per heavy atom. The third kappa shape index (κ3) is 2.16. The predicted molar refractivity (Wildman–Crippen MR) is 57.3 cm³/mol. The fourth-order valence-corrected chi connectivity index (χ4v) is 2.68. The number of primary amides is 1. The molecule has 1 aliphatic heterocycles. The van der Waals surface area contributed by atoms with Crippen molar-refractivity contribution in [2.75, 3.05) is 13.2 Å². The molecule has 0 spiro atoms. The Morgan fingerprint density at radius 1 is 1.60 bits per heavy atom. The first-order valence-electron chi connectivity index (χ1n) is 5.79. The van der Waals surface area contributed by atoms with Gasteiger partial charge >= 0.3 is 0 Å². The summed E-state index contributed by atoms with van der Waals surface area (Å²) in [6.07, 6.45) is 4.24. The minimum absolute atomic E-state index is 0.210. The molecule has 86 valence electrons. The zero-order chi connectivity index (χ0) is 10.9. The van der Waals surface area contributed by atoms with Crippen molar-refractivity contribution in [1.82, 2.24) is 5.32 Å². The lowest BCUT2D eigenvalue weighted by Gasteiger charge is -2.45. The minimum Gasteiger partial charge on any atom is -0.377 e. The number of ether oxygens (including phenoxy) is 1. The second kappa shape index (κ2) is 4.10. The molecule has 2 fully saturated rings. The summed E-state index contributed by atoms with van der Waals surface area (Å²) in [4.78, 5) is 11.4. The van der Waals surface area contributed by atoms with Crippen LogP contribution in [0.5, 0.6) is 0 Å². The molecule has 3 N–H and O–H groups in total. The van der Waals surface area contributed by atoms with Crippen LogP contribution in [0.4, 0.5) is 0 Å². The molecule has 0 aromatic heterocycles. The molecule has 0 aromatic rings.